The van der Waals surface area contributed by atoms with Crippen molar-refractivity contribution in [2.45, 2.75) is 37.3 Å². The zero-order valence-electron chi connectivity index (χ0n) is 16.9. The lowest BCUT2D eigenvalue weighted by Gasteiger charge is -2.20. The summed E-state index contributed by atoms with van der Waals surface area (Å²) in [4.78, 5) is 20.7. The maximum Gasteiger partial charge on any atom is 0.181 e. The highest BCUT2D eigenvalue weighted by Gasteiger charge is 2.18. The second-order valence-electron chi connectivity index (χ2n) is 7.54. The van der Waals surface area contributed by atoms with Crippen LogP contribution in [0.5, 0.6) is 5.75 Å². The molecule has 0 fully saturated rings. The monoisotopic (exact) mass is 425 g/mol. The maximum atomic E-state index is 5.55. The van der Waals surface area contributed by atoms with Crippen LogP contribution in [-0.4, -0.2) is 21.3 Å². The Bertz CT molecular complexity index is 1150. The Hall–Kier alpha value is -2.35. The average Bonchev–Trinajstić information content (AvgIpc) is 3.13. The molecule has 0 atom stereocenters. The van der Waals surface area contributed by atoms with Crippen molar-refractivity contribution in [2.24, 2.45) is 0 Å². The molecule has 2 aromatic carbocycles. The largest absolute Gasteiger partial charge is 0.355 e. The van der Waals surface area contributed by atoms with E-state index in [1.165, 1.54) is 4.70 Å². The molecule has 2 heterocycles. The summed E-state index contributed by atoms with van der Waals surface area (Å²) >= 11 is 3.38. The summed E-state index contributed by atoms with van der Waals surface area (Å²) in [5, 5.41) is 4.55. The van der Waals surface area contributed by atoms with E-state index in [0.29, 0.717) is 12.4 Å². The van der Waals surface area contributed by atoms with Crippen molar-refractivity contribution in [1.29, 1.82) is 0 Å². The van der Waals surface area contributed by atoms with Crippen LogP contribution in [0.4, 0.5) is 11.4 Å². The molecule has 7 heteroatoms. The molecule has 0 aliphatic carbocycles. The van der Waals surface area contributed by atoms with E-state index in [-0.39, 0.29) is 4.75 Å². The van der Waals surface area contributed by atoms with Crippen LogP contribution in [0.15, 0.2) is 53.0 Å². The number of nitrogens with zero attached hydrogens (tertiary/aromatic N) is 2. The molecular formula is C22H23N3O2S2. The van der Waals surface area contributed by atoms with Gasteiger partial charge in [-0.3, -0.25) is 4.98 Å². The molecule has 0 spiro atoms. The fourth-order valence-electron chi connectivity index (χ4n) is 2.95. The van der Waals surface area contributed by atoms with Gasteiger partial charge in [-0.15, -0.1) is 23.1 Å². The highest BCUT2D eigenvalue weighted by atomic mass is 32.2. The van der Waals surface area contributed by atoms with Gasteiger partial charge in [-0.1, -0.05) is 20.8 Å². The van der Waals surface area contributed by atoms with Crippen molar-refractivity contribution in [3.8, 4) is 5.75 Å². The summed E-state index contributed by atoms with van der Waals surface area (Å²) in [6, 6.07) is 12.3. The smallest absolute Gasteiger partial charge is 0.181 e. The van der Waals surface area contributed by atoms with Crippen LogP contribution in [0, 0.1) is 0 Å². The van der Waals surface area contributed by atoms with Crippen molar-refractivity contribution in [3.05, 3.63) is 48.1 Å². The lowest BCUT2D eigenvalue weighted by Crippen LogP contribution is -2.08. The molecule has 0 radical (unpaired) electrons. The Morgan fingerprint density at radius 1 is 1.07 bits per heavy atom. The number of fused-ring (bicyclic) bond motifs is 2. The molecule has 4 aromatic rings. The van der Waals surface area contributed by atoms with Crippen LogP contribution in [0.3, 0.4) is 0 Å². The molecule has 0 aliphatic heterocycles. The van der Waals surface area contributed by atoms with Gasteiger partial charge in [0.2, 0.25) is 0 Å². The van der Waals surface area contributed by atoms with Crippen molar-refractivity contribution >= 4 is 55.6 Å². The molecule has 1 N–H and O–H groups in total. The molecule has 0 unspecified atom stereocenters. The van der Waals surface area contributed by atoms with E-state index < -0.39 is 0 Å². The second kappa shape index (κ2) is 8.18. The topological polar surface area (TPSA) is 56.3 Å². The van der Waals surface area contributed by atoms with Crippen LogP contribution in [0.25, 0.3) is 21.1 Å². The van der Waals surface area contributed by atoms with E-state index in [0.717, 1.165) is 32.7 Å². The molecule has 0 saturated heterocycles. The van der Waals surface area contributed by atoms with Gasteiger partial charge >= 0.3 is 0 Å². The molecule has 5 nitrogen and oxygen atoms in total. The summed E-state index contributed by atoms with van der Waals surface area (Å²) in [5.74, 6) is 0.688. The number of thioether (sulfide) groups is 1. The molecule has 4 rings (SSSR count). The summed E-state index contributed by atoms with van der Waals surface area (Å²) < 4.78 is 1.21. The Labute approximate surface area is 178 Å². The minimum Gasteiger partial charge on any atom is -0.355 e. The number of anilines is 2. The lowest BCUT2D eigenvalue weighted by atomic mass is 10.1. The van der Waals surface area contributed by atoms with E-state index >= 15 is 0 Å². The summed E-state index contributed by atoms with van der Waals surface area (Å²) in [6.07, 6.45) is 1.80. The molecule has 150 valence electrons. The fourth-order valence-corrected chi connectivity index (χ4v) is 4.64. The number of hydrogen-bond acceptors (Lipinski definition) is 7. The molecule has 0 aliphatic rings. The van der Waals surface area contributed by atoms with Crippen LogP contribution < -0.4 is 10.2 Å². The zero-order valence-corrected chi connectivity index (χ0v) is 18.5. The van der Waals surface area contributed by atoms with Gasteiger partial charge in [0.05, 0.1) is 32.7 Å². The van der Waals surface area contributed by atoms with E-state index in [1.807, 2.05) is 24.6 Å². The number of benzene rings is 2. The van der Waals surface area contributed by atoms with Crippen LogP contribution in [0.2, 0.25) is 0 Å². The van der Waals surface area contributed by atoms with Crippen LogP contribution in [0.1, 0.15) is 27.7 Å². The van der Waals surface area contributed by atoms with Crippen molar-refractivity contribution in [3.63, 3.8) is 0 Å². The first kappa shape index (κ1) is 19.9. The van der Waals surface area contributed by atoms with E-state index in [2.05, 4.69) is 60.3 Å². The van der Waals surface area contributed by atoms with Gasteiger partial charge in [0, 0.05) is 33.8 Å². The first-order valence-electron chi connectivity index (χ1n) is 9.44. The number of rotatable bonds is 6. The number of hydrogen-bond donors (Lipinski definition) is 1. The van der Waals surface area contributed by atoms with E-state index in [9.17, 15) is 0 Å². The van der Waals surface area contributed by atoms with Crippen molar-refractivity contribution in [2.75, 3.05) is 11.9 Å². The predicted molar refractivity (Wildman–Crippen MR) is 123 cm³/mol. The Morgan fingerprint density at radius 3 is 2.72 bits per heavy atom. The van der Waals surface area contributed by atoms with Crippen molar-refractivity contribution < 1.29 is 9.78 Å². The number of thiazole rings is 1. The van der Waals surface area contributed by atoms with Gasteiger partial charge in [0.15, 0.2) is 5.75 Å². The second-order valence-corrected chi connectivity index (χ2v) is 10.3. The minimum absolute atomic E-state index is 0.0312. The molecule has 0 amide bonds. The Balaban J connectivity index is 1.76. The standard InChI is InChI=1S/C22H23N3O2S2/c1-5-26-27-19-12-17-15(11-21(19)29-22(2,3)4)16(8-9-23-17)25-14-6-7-20-18(10-14)24-13-28-20/h6-13H,5H2,1-4H3,(H,23,25). The summed E-state index contributed by atoms with van der Waals surface area (Å²) in [5.41, 5.74) is 5.69. The molecule has 2 aromatic heterocycles. The lowest BCUT2D eigenvalue weighted by molar-refractivity contribution is -0.203. The first-order chi connectivity index (χ1) is 13.9. The quantitative estimate of drug-likeness (QED) is 0.208. The van der Waals surface area contributed by atoms with E-state index in [4.69, 9.17) is 9.78 Å². The first-order valence-corrected chi connectivity index (χ1v) is 11.1. The minimum atomic E-state index is 0.0312. The molecular weight excluding hydrogens is 402 g/mol. The Morgan fingerprint density at radius 2 is 1.93 bits per heavy atom. The summed E-state index contributed by atoms with van der Waals surface area (Å²) in [7, 11) is 0. The third-order valence-electron chi connectivity index (χ3n) is 4.10. The molecule has 0 bridgehead atoms. The number of pyridine rings is 1. The van der Waals surface area contributed by atoms with Crippen molar-refractivity contribution in [1.82, 2.24) is 9.97 Å². The number of aromatic nitrogens is 2. The van der Waals surface area contributed by atoms with Crippen LogP contribution in [-0.2, 0) is 4.89 Å². The van der Waals surface area contributed by atoms with Gasteiger partial charge in [0.25, 0.3) is 0 Å². The molecule has 29 heavy (non-hydrogen) atoms. The number of nitrogens with one attached hydrogen (secondary N) is 1. The SMILES string of the molecule is CCOOc1cc2nccc(Nc3ccc4scnc4c3)c2cc1SC(C)(C)C. The fraction of sp³-hybridized carbons (Fsp3) is 0.273. The van der Waals surface area contributed by atoms with Gasteiger partial charge < -0.3 is 10.2 Å². The van der Waals surface area contributed by atoms with Crippen LogP contribution >= 0.6 is 23.1 Å². The third-order valence-corrected chi connectivity index (χ3v) is 6.06. The van der Waals surface area contributed by atoms with Gasteiger partial charge in [-0.25, -0.2) is 4.98 Å². The maximum absolute atomic E-state index is 5.55. The van der Waals surface area contributed by atoms with E-state index in [1.54, 1.807) is 29.3 Å². The zero-order chi connectivity index (χ0) is 20.4. The Kier molecular flexibility index (Phi) is 5.63. The molecule has 0 saturated carbocycles. The normalized spacial score (nSPS) is 11.9. The average molecular weight is 426 g/mol. The van der Waals surface area contributed by atoms with Gasteiger partial charge in [-0.2, -0.15) is 4.89 Å². The third kappa shape index (κ3) is 4.63. The van der Waals surface area contributed by atoms with Gasteiger partial charge in [0.1, 0.15) is 0 Å². The highest BCUT2D eigenvalue weighted by molar-refractivity contribution is 8.00. The summed E-state index contributed by atoms with van der Waals surface area (Å²) in [6.45, 7) is 8.91. The van der Waals surface area contributed by atoms with Gasteiger partial charge in [-0.05, 0) is 37.3 Å². The highest BCUT2D eigenvalue weighted by Crippen LogP contribution is 2.41. The predicted octanol–water partition coefficient (Wildman–Crippen LogP) is 6.81.